The molecule has 132 valence electrons. The third-order valence-electron chi connectivity index (χ3n) is 3.20. The zero-order valence-electron chi connectivity index (χ0n) is 13.6. The molecule has 1 aromatic carbocycles. The van der Waals surface area contributed by atoms with Crippen LogP contribution < -0.4 is 10.6 Å². The van der Waals surface area contributed by atoms with Crippen molar-refractivity contribution < 1.29 is 27.9 Å². The molecule has 25 heavy (non-hydrogen) atoms. The summed E-state index contributed by atoms with van der Waals surface area (Å²) < 4.78 is 23.0. The lowest BCUT2D eigenvalue weighted by Crippen LogP contribution is -2.42. The molecule has 7 nitrogen and oxygen atoms in total. The minimum Gasteiger partial charge on any atom is -0.459 e. The molecule has 0 unspecified atom stereocenters. The number of rotatable bonds is 6. The summed E-state index contributed by atoms with van der Waals surface area (Å²) in [5, 5.41) is 4.83. The number of ether oxygens (including phenoxy) is 1. The molecular weight excluding hydrogens is 331 g/mol. The Balaban J connectivity index is 1.86. The van der Waals surface area contributed by atoms with Gasteiger partial charge in [0.15, 0.2) is 11.9 Å². The molecule has 2 rings (SSSR count). The van der Waals surface area contributed by atoms with Gasteiger partial charge in [-0.3, -0.25) is 9.59 Å². The maximum Gasteiger partial charge on any atom is 0.329 e. The number of esters is 1. The number of furan rings is 1. The van der Waals surface area contributed by atoms with Gasteiger partial charge in [0.05, 0.1) is 6.26 Å². The largest absolute Gasteiger partial charge is 0.459 e. The maximum absolute atomic E-state index is 13.1. The monoisotopic (exact) mass is 348 g/mol. The Hall–Kier alpha value is -3.16. The molecule has 1 aromatic heterocycles. The summed E-state index contributed by atoms with van der Waals surface area (Å²) in [6.45, 7) is 2.79. The summed E-state index contributed by atoms with van der Waals surface area (Å²) in [5.41, 5.74) is 0.243. The van der Waals surface area contributed by atoms with Crippen LogP contribution in [0.4, 0.5) is 10.1 Å². The van der Waals surface area contributed by atoms with Crippen molar-refractivity contribution in [1.82, 2.24) is 5.32 Å². The lowest BCUT2D eigenvalue weighted by Gasteiger charge is -2.17. The minimum absolute atomic E-state index is 0.0524. The predicted octanol–water partition coefficient (Wildman–Crippen LogP) is 2.11. The SMILES string of the molecule is C[C@H](NC(=O)c1ccco1)C(=O)O[C@@H](C)C(=O)Nc1cccc(F)c1. The molecule has 0 saturated carbocycles. The van der Waals surface area contributed by atoms with Crippen LogP contribution in [0.1, 0.15) is 24.4 Å². The highest BCUT2D eigenvalue weighted by atomic mass is 19.1. The van der Waals surface area contributed by atoms with Crippen molar-refractivity contribution in [2.24, 2.45) is 0 Å². The fourth-order valence-corrected chi connectivity index (χ4v) is 1.87. The quantitative estimate of drug-likeness (QED) is 0.779. The first-order chi connectivity index (χ1) is 11.9. The molecule has 8 heteroatoms. The number of carbonyl (C=O) groups is 3. The maximum atomic E-state index is 13.1. The highest BCUT2D eigenvalue weighted by Gasteiger charge is 2.24. The van der Waals surface area contributed by atoms with Crippen LogP contribution in [0.2, 0.25) is 0 Å². The molecule has 0 spiro atoms. The zero-order valence-corrected chi connectivity index (χ0v) is 13.6. The number of nitrogens with one attached hydrogen (secondary N) is 2. The molecule has 1 heterocycles. The van der Waals surface area contributed by atoms with Gasteiger partial charge in [-0.2, -0.15) is 0 Å². The average Bonchev–Trinajstić information content (AvgIpc) is 3.09. The number of hydrogen-bond donors (Lipinski definition) is 2. The van der Waals surface area contributed by atoms with Crippen LogP contribution in [0.15, 0.2) is 47.1 Å². The summed E-state index contributed by atoms with van der Waals surface area (Å²) in [6, 6.07) is 7.32. The number of halogens is 1. The number of anilines is 1. The summed E-state index contributed by atoms with van der Waals surface area (Å²) in [4.78, 5) is 35.7. The second-order valence-corrected chi connectivity index (χ2v) is 5.25. The van der Waals surface area contributed by atoms with E-state index in [0.717, 1.165) is 6.07 Å². The van der Waals surface area contributed by atoms with Crippen molar-refractivity contribution in [1.29, 1.82) is 0 Å². The second-order valence-electron chi connectivity index (χ2n) is 5.25. The summed E-state index contributed by atoms with van der Waals surface area (Å²) in [7, 11) is 0. The summed E-state index contributed by atoms with van der Waals surface area (Å²) in [5.74, 6) is -2.44. The first kappa shape index (κ1) is 18.2. The highest BCUT2D eigenvalue weighted by molar-refractivity contribution is 5.97. The van der Waals surface area contributed by atoms with Crippen LogP contribution in [0.5, 0.6) is 0 Å². The second kappa shape index (κ2) is 8.09. The normalized spacial score (nSPS) is 12.8. The Morgan fingerprint density at radius 3 is 2.56 bits per heavy atom. The van der Waals surface area contributed by atoms with Gasteiger partial charge < -0.3 is 19.8 Å². The zero-order chi connectivity index (χ0) is 18.4. The van der Waals surface area contributed by atoms with Gasteiger partial charge in [-0.1, -0.05) is 6.07 Å². The van der Waals surface area contributed by atoms with E-state index in [1.807, 2.05) is 0 Å². The molecule has 0 aliphatic rings. The van der Waals surface area contributed by atoms with Gasteiger partial charge in [0.1, 0.15) is 11.9 Å². The van der Waals surface area contributed by atoms with Gasteiger partial charge in [-0.05, 0) is 44.2 Å². The Kier molecular flexibility index (Phi) is 5.89. The van der Waals surface area contributed by atoms with E-state index < -0.39 is 35.7 Å². The fraction of sp³-hybridized carbons (Fsp3) is 0.235. The molecule has 0 fully saturated rings. The van der Waals surface area contributed by atoms with Gasteiger partial charge in [0, 0.05) is 5.69 Å². The van der Waals surface area contributed by atoms with Crippen molar-refractivity contribution in [2.45, 2.75) is 26.0 Å². The topological polar surface area (TPSA) is 97.6 Å². The fourth-order valence-electron chi connectivity index (χ4n) is 1.87. The number of amides is 2. The molecule has 2 aromatic rings. The smallest absolute Gasteiger partial charge is 0.329 e. The lowest BCUT2D eigenvalue weighted by atomic mass is 10.2. The van der Waals surface area contributed by atoms with Crippen LogP contribution >= 0.6 is 0 Å². The van der Waals surface area contributed by atoms with Crippen molar-refractivity contribution in [3.05, 3.63) is 54.2 Å². The van der Waals surface area contributed by atoms with Crippen molar-refractivity contribution in [2.75, 3.05) is 5.32 Å². The van der Waals surface area contributed by atoms with Crippen molar-refractivity contribution in [3.63, 3.8) is 0 Å². The molecule has 0 saturated heterocycles. The first-order valence-corrected chi connectivity index (χ1v) is 7.48. The molecule has 0 radical (unpaired) electrons. The van der Waals surface area contributed by atoms with Crippen LogP contribution in [-0.2, 0) is 14.3 Å². The van der Waals surface area contributed by atoms with Crippen molar-refractivity contribution >= 4 is 23.5 Å². The van der Waals surface area contributed by atoms with Crippen LogP contribution in [-0.4, -0.2) is 29.9 Å². The number of benzene rings is 1. The van der Waals surface area contributed by atoms with E-state index in [1.54, 1.807) is 0 Å². The predicted molar refractivity (Wildman–Crippen MR) is 86.2 cm³/mol. The summed E-state index contributed by atoms with van der Waals surface area (Å²) >= 11 is 0. The molecule has 0 bridgehead atoms. The Morgan fingerprint density at radius 1 is 1.16 bits per heavy atom. The van der Waals surface area contributed by atoms with Crippen LogP contribution in [0, 0.1) is 5.82 Å². The molecule has 2 amide bonds. The van der Waals surface area contributed by atoms with E-state index in [9.17, 15) is 18.8 Å². The Morgan fingerprint density at radius 2 is 1.92 bits per heavy atom. The van der Waals surface area contributed by atoms with Crippen LogP contribution in [0.25, 0.3) is 0 Å². The summed E-state index contributed by atoms with van der Waals surface area (Å²) in [6.07, 6.45) is 0.204. The molecule has 0 aliphatic heterocycles. The van der Waals surface area contributed by atoms with E-state index >= 15 is 0 Å². The van der Waals surface area contributed by atoms with Gasteiger partial charge >= 0.3 is 5.97 Å². The van der Waals surface area contributed by atoms with Gasteiger partial charge in [0.25, 0.3) is 11.8 Å². The van der Waals surface area contributed by atoms with E-state index in [4.69, 9.17) is 9.15 Å². The minimum atomic E-state index is -1.13. The van der Waals surface area contributed by atoms with Crippen molar-refractivity contribution in [3.8, 4) is 0 Å². The van der Waals surface area contributed by atoms with E-state index in [1.165, 1.54) is 50.4 Å². The van der Waals surface area contributed by atoms with Crippen LogP contribution in [0.3, 0.4) is 0 Å². The van der Waals surface area contributed by atoms with E-state index in [-0.39, 0.29) is 11.4 Å². The number of hydrogen-bond acceptors (Lipinski definition) is 5. The molecular formula is C17H17FN2O5. The first-order valence-electron chi connectivity index (χ1n) is 7.48. The molecule has 0 aliphatic carbocycles. The average molecular weight is 348 g/mol. The van der Waals surface area contributed by atoms with Gasteiger partial charge in [0.2, 0.25) is 0 Å². The lowest BCUT2D eigenvalue weighted by molar-refractivity contribution is -0.154. The third kappa shape index (κ3) is 5.17. The standard InChI is InChI=1S/C17H17FN2O5/c1-10(19-16(22)14-7-4-8-24-14)17(23)25-11(2)15(21)20-13-6-3-5-12(18)9-13/h3-11H,1-2H3,(H,19,22)(H,20,21)/t10-,11-/m0/s1. The van der Waals surface area contributed by atoms with E-state index in [0.29, 0.717) is 0 Å². The van der Waals surface area contributed by atoms with Gasteiger partial charge in [-0.15, -0.1) is 0 Å². The third-order valence-corrected chi connectivity index (χ3v) is 3.20. The molecule has 2 atom stereocenters. The highest BCUT2D eigenvalue weighted by Crippen LogP contribution is 2.10. The Labute approximate surface area is 143 Å². The van der Waals surface area contributed by atoms with Gasteiger partial charge in [-0.25, -0.2) is 9.18 Å². The Bertz CT molecular complexity index is 760. The number of carbonyl (C=O) groups excluding carboxylic acids is 3. The molecule has 2 N–H and O–H groups in total. The van der Waals surface area contributed by atoms with E-state index in [2.05, 4.69) is 10.6 Å².